The molecule has 0 saturated heterocycles. The summed E-state index contributed by atoms with van der Waals surface area (Å²) in [5, 5.41) is 15.1. The zero-order chi connectivity index (χ0) is 18.1. The Bertz CT molecular complexity index is 1020. The molecular weight excluding hydrogens is 330 g/mol. The Balaban J connectivity index is 1.75. The van der Waals surface area contributed by atoms with Crippen LogP contribution in [0.1, 0.15) is 17.6 Å². The lowest BCUT2D eigenvalue weighted by Gasteiger charge is -2.10. The van der Waals surface area contributed by atoms with E-state index in [0.717, 1.165) is 22.2 Å². The lowest BCUT2D eigenvalue weighted by Crippen LogP contribution is -2.20. The van der Waals surface area contributed by atoms with Crippen LogP contribution in [0.5, 0.6) is 0 Å². The Morgan fingerprint density at radius 2 is 2.19 bits per heavy atom. The number of aromatic amines is 1. The molecule has 1 aromatic carbocycles. The van der Waals surface area contributed by atoms with Gasteiger partial charge in [-0.25, -0.2) is 14.6 Å². The number of hydrogen-bond acceptors (Lipinski definition) is 5. The highest BCUT2D eigenvalue weighted by Crippen LogP contribution is 2.28. The highest BCUT2D eigenvalue weighted by atomic mass is 16.3. The highest BCUT2D eigenvalue weighted by Gasteiger charge is 2.20. The summed E-state index contributed by atoms with van der Waals surface area (Å²) < 4.78 is 3.76. The van der Waals surface area contributed by atoms with E-state index in [1.165, 1.54) is 0 Å². The second kappa shape index (κ2) is 6.74. The van der Waals surface area contributed by atoms with Crippen molar-refractivity contribution in [2.24, 2.45) is 12.8 Å². The Kier molecular flexibility index (Phi) is 4.27. The molecule has 4 aromatic rings. The fourth-order valence-electron chi connectivity index (χ4n) is 3.22. The number of nitrogens with two attached hydrogens (primary N) is 1. The minimum atomic E-state index is -0.349. The number of nitrogens with zero attached hydrogens (tertiary/aromatic N) is 5. The van der Waals surface area contributed by atoms with Crippen LogP contribution < -0.4 is 5.73 Å². The normalized spacial score (nSPS) is 12.7. The number of H-pyrrole nitrogens is 1. The van der Waals surface area contributed by atoms with Crippen LogP contribution in [0, 0.1) is 0 Å². The third kappa shape index (κ3) is 2.89. The summed E-state index contributed by atoms with van der Waals surface area (Å²) >= 11 is 0. The zero-order valence-electron chi connectivity index (χ0n) is 14.5. The fourth-order valence-corrected chi connectivity index (χ4v) is 3.22. The molecule has 0 radical (unpaired) electrons. The van der Waals surface area contributed by atoms with E-state index < -0.39 is 0 Å². The SMILES string of the molecule is Cn1ccc2c(-c3nc([C@@H](N)Cc4cnc[nH]4)n(CCO)n3)cccc21. The maximum Gasteiger partial charge on any atom is 0.182 e. The number of aliphatic hydroxyl groups is 1. The molecule has 26 heavy (non-hydrogen) atoms. The molecule has 0 bridgehead atoms. The van der Waals surface area contributed by atoms with Gasteiger partial charge in [-0.1, -0.05) is 12.1 Å². The molecule has 0 aliphatic rings. The Hall–Kier alpha value is -2.97. The van der Waals surface area contributed by atoms with Crippen LogP contribution in [0.25, 0.3) is 22.3 Å². The first-order valence-electron chi connectivity index (χ1n) is 8.50. The molecule has 0 spiro atoms. The molecule has 0 fully saturated rings. The van der Waals surface area contributed by atoms with Gasteiger partial charge >= 0.3 is 0 Å². The largest absolute Gasteiger partial charge is 0.394 e. The van der Waals surface area contributed by atoms with Crippen molar-refractivity contribution in [3.05, 3.63) is 54.5 Å². The van der Waals surface area contributed by atoms with Gasteiger partial charge in [-0.15, -0.1) is 0 Å². The Morgan fingerprint density at radius 1 is 1.31 bits per heavy atom. The molecule has 0 amide bonds. The van der Waals surface area contributed by atoms with Crippen molar-refractivity contribution >= 4 is 10.9 Å². The average Bonchev–Trinajstić information content (AvgIpc) is 3.36. The molecule has 3 aromatic heterocycles. The molecule has 4 N–H and O–H groups in total. The number of hydrogen-bond donors (Lipinski definition) is 3. The molecule has 1 atom stereocenters. The summed E-state index contributed by atoms with van der Waals surface area (Å²) in [6.45, 7) is 0.325. The zero-order valence-corrected chi connectivity index (χ0v) is 14.5. The second-order valence-electron chi connectivity index (χ2n) is 6.29. The minimum absolute atomic E-state index is 0.0257. The molecule has 8 heteroatoms. The summed E-state index contributed by atoms with van der Waals surface area (Å²) in [4.78, 5) is 11.8. The smallest absolute Gasteiger partial charge is 0.182 e. The van der Waals surface area contributed by atoms with Crippen LogP contribution in [-0.4, -0.2) is 41.0 Å². The van der Waals surface area contributed by atoms with Gasteiger partial charge in [-0.2, -0.15) is 5.10 Å². The Labute approximate surface area is 150 Å². The molecule has 134 valence electrons. The van der Waals surface area contributed by atoms with Crippen LogP contribution in [0.15, 0.2) is 43.0 Å². The number of nitrogens with one attached hydrogen (secondary N) is 1. The van der Waals surface area contributed by atoms with E-state index in [2.05, 4.69) is 31.8 Å². The van der Waals surface area contributed by atoms with Gasteiger partial charge < -0.3 is 20.4 Å². The summed E-state index contributed by atoms with van der Waals surface area (Å²) in [5.41, 5.74) is 9.37. The van der Waals surface area contributed by atoms with Gasteiger partial charge in [0, 0.05) is 48.0 Å². The molecule has 8 nitrogen and oxygen atoms in total. The van der Waals surface area contributed by atoms with E-state index in [0.29, 0.717) is 24.6 Å². The van der Waals surface area contributed by atoms with Crippen LogP contribution >= 0.6 is 0 Å². The van der Waals surface area contributed by atoms with Gasteiger partial charge in [0.1, 0.15) is 5.82 Å². The van der Waals surface area contributed by atoms with Crippen molar-refractivity contribution in [1.29, 1.82) is 0 Å². The van der Waals surface area contributed by atoms with Crippen molar-refractivity contribution in [3.63, 3.8) is 0 Å². The summed E-state index contributed by atoms with van der Waals surface area (Å²) in [5.74, 6) is 1.27. The first kappa shape index (κ1) is 16.5. The van der Waals surface area contributed by atoms with Crippen LogP contribution in [0.4, 0.5) is 0 Å². The van der Waals surface area contributed by atoms with Gasteiger partial charge in [0.25, 0.3) is 0 Å². The summed E-state index contributed by atoms with van der Waals surface area (Å²) in [6, 6.07) is 7.77. The maximum absolute atomic E-state index is 9.39. The lowest BCUT2D eigenvalue weighted by atomic mass is 10.1. The molecule has 0 aliphatic carbocycles. The average molecular weight is 351 g/mol. The molecule has 3 heterocycles. The van der Waals surface area contributed by atoms with Gasteiger partial charge in [-0.3, -0.25) is 0 Å². The quantitative estimate of drug-likeness (QED) is 0.486. The van der Waals surface area contributed by atoms with Gasteiger partial charge in [0.15, 0.2) is 5.82 Å². The monoisotopic (exact) mass is 351 g/mol. The highest BCUT2D eigenvalue weighted by molar-refractivity contribution is 5.93. The van der Waals surface area contributed by atoms with Crippen molar-refractivity contribution < 1.29 is 5.11 Å². The third-order valence-electron chi connectivity index (χ3n) is 4.51. The predicted molar refractivity (Wildman–Crippen MR) is 98.2 cm³/mol. The molecular formula is C18H21N7O. The van der Waals surface area contributed by atoms with E-state index in [1.54, 1.807) is 17.2 Å². The number of benzene rings is 1. The first-order chi connectivity index (χ1) is 12.7. The number of aromatic nitrogens is 6. The van der Waals surface area contributed by atoms with E-state index in [4.69, 9.17) is 10.7 Å². The maximum atomic E-state index is 9.39. The number of imidazole rings is 1. The van der Waals surface area contributed by atoms with Crippen molar-refractivity contribution in [3.8, 4) is 11.4 Å². The Morgan fingerprint density at radius 3 is 2.96 bits per heavy atom. The number of aryl methyl sites for hydroxylation is 1. The lowest BCUT2D eigenvalue weighted by molar-refractivity contribution is 0.265. The minimum Gasteiger partial charge on any atom is -0.394 e. The second-order valence-corrected chi connectivity index (χ2v) is 6.29. The van der Waals surface area contributed by atoms with Gasteiger partial charge in [-0.05, 0) is 12.1 Å². The van der Waals surface area contributed by atoms with Crippen molar-refractivity contribution in [1.82, 2.24) is 29.3 Å². The fraction of sp³-hybridized carbons (Fsp3) is 0.278. The molecule has 0 aliphatic heterocycles. The predicted octanol–water partition coefficient (Wildman–Crippen LogP) is 1.39. The summed E-state index contributed by atoms with van der Waals surface area (Å²) in [6.07, 6.45) is 5.96. The summed E-state index contributed by atoms with van der Waals surface area (Å²) in [7, 11) is 2.01. The first-order valence-corrected chi connectivity index (χ1v) is 8.50. The molecule has 4 rings (SSSR count). The molecule has 0 saturated carbocycles. The van der Waals surface area contributed by atoms with Crippen LogP contribution in [0.2, 0.25) is 0 Å². The van der Waals surface area contributed by atoms with E-state index in [1.807, 2.05) is 25.4 Å². The topological polar surface area (TPSA) is 111 Å². The van der Waals surface area contributed by atoms with E-state index in [-0.39, 0.29) is 12.6 Å². The number of rotatable bonds is 6. The standard InChI is InChI=1S/C18H21N7O/c1-24-6-5-13-14(3-2-4-16(13)24)17-22-18(25(23-17)7-8-26)15(19)9-12-10-20-11-21-12/h2-6,10-11,15,26H,7-9,19H2,1H3,(H,20,21)/t15-/m0/s1. The van der Waals surface area contributed by atoms with Crippen molar-refractivity contribution in [2.75, 3.05) is 6.61 Å². The van der Waals surface area contributed by atoms with Crippen LogP contribution in [-0.2, 0) is 20.0 Å². The van der Waals surface area contributed by atoms with Gasteiger partial charge in [0.2, 0.25) is 0 Å². The van der Waals surface area contributed by atoms with E-state index >= 15 is 0 Å². The number of aliphatic hydroxyl groups excluding tert-OH is 1. The van der Waals surface area contributed by atoms with Crippen LogP contribution in [0.3, 0.4) is 0 Å². The third-order valence-corrected chi connectivity index (χ3v) is 4.51. The number of fused-ring (bicyclic) bond motifs is 1. The molecule has 0 unspecified atom stereocenters. The van der Waals surface area contributed by atoms with Crippen molar-refractivity contribution in [2.45, 2.75) is 19.0 Å². The van der Waals surface area contributed by atoms with E-state index in [9.17, 15) is 5.11 Å². The van der Waals surface area contributed by atoms with Gasteiger partial charge in [0.05, 0.1) is 25.5 Å².